The molecule has 3 nitrogen and oxygen atoms in total. The Morgan fingerprint density at radius 3 is 2.52 bits per heavy atom. The molecule has 0 bridgehead atoms. The molecule has 0 unspecified atom stereocenters. The first kappa shape index (κ1) is 20.5. The zero-order chi connectivity index (χ0) is 20.4. The van der Waals surface area contributed by atoms with Crippen molar-refractivity contribution in [1.82, 2.24) is 9.62 Å². The summed E-state index contributed by atoms with van der Waals surface area (Å²) >= 11 is 1.05. The van der Waals surface area contributed by atoms with Crippen molar-refractivity contribution in [3.05, 3.63) is 59.4 Å². The van der Waals surface area contributed by atoms with Gasteiger partial charge in [-0.1, -0.05) is 12.1 Å². The Morgan fingerprint density at radius 1 is 1.07 bits per heavy atom. The fraction of sp³-hybridized carbons (Fsp3) is 0.429. The third-order valence-electron chi connectivity index (χ3n) is 4.97. The summed E-state index contributed by atoms with van der Waals surface area (Å²) in [6.45, 7) is 2.50. The summed E-state index contributed by atoms with van der Waals surface area (Å²) in [6, 6.07) is 10.9. The van der Waals surface area contributed by atoms with Crippen molar-refractivity contribution < 1.29 is 22.3 Å². The van der Waals surface area contributed by atoms with Crippen LogP contribution in [0.2, 0.25) is 0 Å². The number of halogens is 4. The van der Waals surface area contributed by atoms with Crippen molar-refractivity contribution in [1.29, 1.82) is 0 Å². The molecule has 2 fully saturated rings. The Balaban J connectivity index is 1.26. The Hall–Kier alpha value is -1.77. The van der Waals surface area contributed by atoms with E-state index >= 15 is 0 Å². The molecule has 1 heterocycles. The molecule has 0 spiro atoms. The highest BCUT2D eigenvalue weighted by atomic mass is 32.2. The molecule has 1 atom stereocenters. The number of alkyl halides is 3. The topological polar surface area (TPSA) is 24.5 Å². The van der Waals surface area contributed by atoms with Gasteiger partial charge in [0.05, 0.1) is 11.7 Å². The number of hydrogen-bond donors (Lipinski definition) is 1. The lowest BCUT2D eigenvalue weighted by Crippen LogP contribution is -2.28. The standard InChI is InChI=1S/C21H22F4N2OS/c22-16-9-15(21(23,24)25)10-20(11-16)29-26-17-7-8-27(13-17)12-14-1-3-18(4-2-14)28-19-5-6-19/h1-4,9-11,17,19,26H,5-8,12-13H2/t17-/m1/s1. The Kier molecular flexibility index (Phi) is 6.03. The van der Waals surface area contributed by atoms with Gasteiger partial charge in [-0.05, 0) is 67.1 Å². The second-order valence-electron chi connectivity index (χ2n) is 7.58. The molecule has 4 rings (SSSR count). The zero-order valence-electron chi connectivity index (χ0n) is 15.7. The van der Waals surface area contributed by atoms with Crippen LogP contribution in [0.5, 0.6) is 5.75 Å². The summed E-state index contributed by atoms with van der Waals surface area (Å²) < 4.78 is 60.9. The summed E-state index contributed by atoms with van der Waals surface area (Å²) in [6.07, 6.45) is -1.02. The summed E-state index contributed by atoms with van der Waals surface area (Å²) in [4.78, 5) is 2.52. The number of rotatable bonds is 7. The normalized spacial score (nSPS) is 20.2. The molecule has 2 aliphatic rings. The monoisotopic (exact) mass is 426 g/mol. The van der Waals surface area contributed by atoms with Gasteiger partial charge in [-0.25, -0.2) is 4.39 Å². The van der Waals surface area contributed by atoms with Crippen molar-refractivity contribution in [3.63, 3.8) is 0 Å². The summed E-state index contributed by atoms with van der Waals surface area (Å²) in [5, 5.41) is 0. The first-order valence-corrected chi connectivity index (χ1v) is 10.4. The first-order chi connectivity index (χ1) is 13.8. The minimum absolute atomic E-state index is 0.134. The van der Waals surface area contributed by atoms with Crippen LogP contribution in [0.15, 0.2) is 47.4 Å². The van der Waals surface area contributed by atoms with E-state index in [1.807, 2.05) is 12.1 Å². The van der Waals surface area contributed by atoms with E-state index in [9.17, 15) is 17.6 Å². The minimum atomic E-state index is -4.55. The number of likely N-dealkylation sites (tertiary alicyclic amines) is 1. The van der Waals surface area contributed by atoms with Gasteiger partial charge in [0.1, 0.15) is 11.6 Å². The van der Waals surface area contributed by atoms with Gasteiger partial charge in [-0.2, -0.15) is 13.2 Å². The fourth-order valence-corrected chi connectivity index (χ4v) is 4.17. The third-order valence-corrected chi connectivity index (χ3v) is 5.89. The van der Waals surface area contributed by atoms with Crippen molar-refractivity contribution in [3.8, 4) is 5.75 Å². The van der Waals surface area contributed by atoms with Crippen molar-refractivity contribution in [2.75, 3.05) is 13.1 Å². The van der Waals surface area contributed by atoms with Gasteiger partial charge in [0, 0.05) is 30.6 Å². The summed E-state index contributed by atoms with van der Waals surface area (Å²) in [7, 11) is 0. The molecule has 1 aliphatic heterocycles. The van der Waals surface area contributed by atoms with Gasteiger partial charge in [-0.15, -0.1) is 0 Å². The molecule has 156 valence electrons. The van der Waals surface area contributed by atoms with Crippen LogP contribution >= 0.6 is 11.9 Å². The molecule has 0 radical (unpaired) electrons. The maximum Gasteiger partial charge on any atom is 0.416 e. The van der Waals surface area contributed by atoms with Crippen molar-refractivity contribution in [2.24, 2.45) is 0 Å². The minimum Gasteiger partial charge on any atom is -0.490 e. The second-order valence-corrected chi connectivity index (χ2v) is 8.49. The van der Waals surface area contributed by atoms with Crippen LogP contribution in [-0.2, 0) is 12.7 Å². The maximum atomic E-state index is 13.5. The van der Waals surface area contributed by atoms with E-state index in [1.165, 1.54) is 5.56 Å². The average molecular weight is 426 g/mol. The molecule has 2 aromatic carbocycles. The van der Waals surface area contributed by atoms with Crippen LogP contribution in [0.3, 0.4) is 0 Å². The van der Waals surface area contributed by atoms with E-state index < -0.39 is 17.6 Å². The Morgan fingerprint density at radius 2 is 1.83 bits per heavy atom. The van der Waals surface area contributed by atoms with Gasteiger partial charge in [0.2, 0.25) is 0 Å². The molecule has 1 saturated carbocycles. The Labute approximate surface area is 171 Å². The van der Waals surface area contributed by atoms with Crippen LogP contribution in [-0.4, -0.2) is 30.1 Å². The fourth-order valence-electron chi connectivity index (χ4n) is 3.32. The summed E-state index contributed by atoms with van der Waals surface area (Å²) in [5.41, 5.74) is 0.227. The number of ether oxygens (including phenoxy) is 1. The quantitative estimate of drug-likeness (QED) is 0.482. The van der Waals surface area contributed by atoms with Crippen molar-refractivity contribution >= 4 is 11.9 Å². The lowest BCUT2D eigenvalue weighted by Gasteiger charge is -2.17. The van der Waals surface area contributed by atoms with Crippen molar-refractivity contribution in [2.45, 2.75) is 49.0 Å². The van der Waals surface area contributed by atoms with Crippen LogP contribution in [0.25, 0.3) is 0 Å². The van der Waals surface area contributed by atoms with E-state index in [1.54, 1.807) is 0 Å². The number of benzene rings is 2. The summed E-state index contributed by atoms with van der Waals surface area (Å²) in [5.74, 6) is 0.0215. The molecule has 1 aliphatic carbocycles. The molecule has 8 heteroatoms. The lowest BCUT2D eigenvalue weighted by atomic mass is 10.2. The van der Waals surface area contributed by atoms with Crippen LogP contribution < -0.4 is 9.46 Å². The lowest BCUT2D eigenvalue weighted by molar-refractivity contribution is -0.137. The molecule has 2 aromatic rings. The van der Waals surface area contributed by atoms with Gasteiger partial charge >= 0.3 is 6.18 Å². The highest BCUT2D eigenvalue weighted by Gasteiger charge is 2.31. The van der Waals surface area contributed by atoms with Gasteiger partial charge in [0.15, 0.2) is 0 Å². The highest BCUT2D eigenvalue weighted by Crippen LogP contribution is 2.33. The van der Waals surface area contributed by atoms with E-state index in [0.717, 1.165) is 68.7 Å². The van der Waals surface area contributed by atoms with E-state index in [4.69, 9.17) is 4.74 Å². The second kappa shape index (κ2) is 8.53. The number of nitrogens with one attached hydrogen (secondary N) is 1. The molecular formula is C21H22F4N2OS. The largest absolute Gasteiger partial charge is 0.490 e. The average Bonchev–Trinajstić information content (AvgIpc) is 3.37. The third kappa shape index (κ3) is 5.87. The number of hydrogen-bond acceptors (Lipinski definition) is 4. The van der Waals surface area contributed by atoms with Gasteiger partial charge in [-0.3, -0.25) is 9.62 Å². The molecule has 0 aromatic heterocycles. The van der Waals surface area contributed by atoms with E-state index in [2.05, 4.69) is 21.8 Å². The predicted molar refractivity (Wildman–Crippen MR) is 104 cm³/mol. The predicted octanol–water partition coefficient (Wildman–Crippen LogP) is 5.26. The molecule has 29 heavy (non-hydrogen) atoms. The highest BCUT2D eigenvalue weighted by molar-refractivity contribution is 7.97. The van der Waals surface area contributed by atoms with E-state index in [0.29, 0.717) is 12.2 Å². The van der Waals surface area contributed by atoms with E-state index in [-0.39, 0.29) is 10.9 Å². The number of nitrogens with zero attached hydrogens (tertiary/aromatic N) is 1. The van der Waals surface area contributed by atoms with Gasteiger partial charge < -0.3 is 4.74 Å². The molecule has 1 N–H and O–H groups in total. The maximum absolute atomic E-state index is 13.5. The van der Waals surface area contributed by atoms with Gasteiger partial charge in [0.25, 0.3) is 0 Å². The van der Waals surface area contributed by atoms with Crippen LogP contribution in [0.1, 0.15) is 30.4 Å². The SMILES string of the molecule is Fc1cc(SN[C@@H]2CCN(Cc3ccc(OC4CC4)cc3)C2)cc(C(F)(F)F)c1. The Bertz CT molecular complexity index is 840. The molecule has 0 amide bonds. The smallest absolute Gasteiger partial charge is 0.416 e. The van der Waals surface area contributed by atoms with Crippen LogP contribution in [0.4, 0.5) is 17.6 Å². The first-order valence-electron chi connectivity index (χ1n) is 9.63. The molecular weight excluding hydrogens is 404 g/mol. The van der Waals surface area contributed by atoms with Crippen LogP contribution in [0, 0.1) is 5.82 Å². The zero-order valence-corrected chi connectivity index (χ0v) is 16.5. The molecule has 1 saturated heterocycles.